The molecular weight excluding hydrogens is 200 g/mol. The maximum atomic E-state index is 11.4. The summed E-state index contributed by atoms with van der Waals surface area (Å²) in [6.07, 6.45) is 3.48. The van der Waals surface area contributed by atoms with Crippen LogP contribution in [-0.2, 0) is 10.0 Å². The van der Waals surface area contributed by atoms with Crippen molar-refractivity contribution in [2.24, 2.45) is 5.92 Å². The number of nitrogens with one attached hydrogen (secondary N) is 1. The minimum atomic E-state index is -2.88. The molecule has 2 rings (SSSR count). The van der Waals surface area contributed by atoms with Gasteiger partial charge in [0.25, 0.3) is 0 Å². The van der Waals surface area contributed by atoms with E-state index in [2.05, 4.69) is 5.32 Å². The van der Waals surface area contributed by atoms with Gasteiger partial charge >= 0.3 is 0 Å². The monoisotopic (exact) mass is 218 g/mol. The Hall–Kier alpha value is -0.130. The summed E-state index contributed by atoms with van der Waals surface area (Å²) in [6.45, 7) is 3.23. The SMILES string of the molecule is O=S1(=O)CCCN1CCNCC1CC1. The molecular formula is C9H18N2O2S. The van der Waals surface area contributed by atoms with Crippen LogP contribution < -0.4 is 5.32 Å². The van der Waals surface area contributed by atoms with Crippen molar-refractivity contribution in [2.75, 3.05) is 31.9 Å². The van der Waals surface area contributed by atoms with Gasteiger partial charge in [-0.1, -0.05) is 0 Å². The van der Waals surface area contributed by atoms with E-state index >= 15 is 0 Å². The van der Waals surface area contributed by atoms with E-state index in [-0.39, 0.29) is 0 Å². The first kappa shape index (κ1) is 10.4. The second-order valence-corrected chi connectivity index (χ2v) is 6.30. The number of nitrogens with zero attached hydrogens (tertiary/aromatic N) is 1. The van der Waals surface area contributed by atoms with Crippen molar-refractivity contribution >= 4 is 10.0 Å². The van der Waals surface area contributed by atoms with Crippen molar-refractivity contribution in [3.05, 3.63) is 0 Å². The Balaban J connectivity index is 1.64. The molecule has 2 fully saturated rings. The molecule has 0 aromatic carbocycles. The molecule has 1 saturated carbocycles. The van der Waals surface area contributed by atoms with E-state index in [0.717, 1.165) is 25.4 Å². The molecule has 0 unspecified atom stereocenters. The van der Waals surface area contributed by atoms with Crippen LogP contribution in [0.3, 0.4) is 0 Å². The van der Waals surface area contributed by atoms with E-state index in [9.17, 15) is 8.42 Å². The highest BCUT2D eigenvalue weighted by Crippen LogP contribution is 2.27. The lowest BCUT2D eigenvalue weighted by molar-refractivity contribution is 0.432. The van der Waals surface area contributed by atoms with Gasteiger partial charge in [0.1, 0.15) is 0 Å². The molecule has 0 radical (unpaired) electrons. The van der Waals surface area contributed by atoms with Crippen LogP contribution in [-0.4, -0.2) is 44.7 Å². The predicted octanol–water partition coefficient (Wildman–Crippen LogP) is 0.0215. The molecule has 4 nitrogen and oxygen atoms in total. The molecule has 0 aromatic rings. The van der Waals surface area contributed by atoms with Gasteiger partial charge in [-0.15, -0.1) is 0 Å². The van der Waals surface area contributed by atoms with E-state index in [1.807, 2.05) is 0 Å². The lowest BCUT2D eigenvalue weighted by atomic mass is 10.4. The van der Waals surface area contributed by atoms with Gasteiger partial charge in [-0.05, 0) is 31.7 Å². The molecule has 0 spiro atoms. The highest BCUT2D eigenvalue weighted by molar-refractivity contribution is 7.89. The maximum Gasteiger partial charge on any atom is 0.214 e. The van der Waals surface area contributed by atoms with Crippen molar-refractivity contribution in [1.82, 2.24) is 9.62 Å². The summed E-state index contributed by atoms with van der Waals surface area (Å²) >= 11 is 0. The highest BCUT2D eigenvalue weighted by atomic mass is 32.2. The smallest absolute Gasteiger partial charge is 0.214 e. The zero-order valence-electron chi connectivity index (χ0n) is 8.41. The minimum absolute atomic E-state index is 0.343. The van der Waals surface area contributed by atoms with E-state index in [1.54, 1.807) is 4.31 Å². The van der Waals surface area contributed by atoms with Gasteiger partial charge in [-0.3, -0.25) is 0 Å². The lowest BCUT2D eigenvalue weighted by Gasteiger charge is -2.14. The number of rotatable bonds is 5. The van der Waals surface area contributed by atoms with E-state index in [4.69, 9.17) is 0 Å². The molecule has 5 heteroatoms. The molecule has 14 heavy (non-hydrogen) atoms. The van der Waals surface area contributed by atoms with Gasteiger partial charge < -0.3 is 5.32 Å². The fourth-order valence-corrected chi connectivity index (χ4v) is 3.30. The Bertz CT molecular complexity index is 285. The van der Waals surface area contributed by atoms with Crippen molar-refractivity contribution in [1.29, 1.82) is 0 Å². The molecule has 1 aliphatic carbocycles. The maximum absolute atomic E-state index is 11.4. The first-order chi connectivity index (χ1) is 6.68. The molecule has 1 N–H and O–H groups in total. The summed E-state index contributed by atoms with van der Waals surface area (Å²) in [6, 6.07) is 0. The Labute approximate surface area is 85.7 Å². The third kappa shape index (κ3) is 2.68. The predicted molar refractivity (Wildman–Crippen MR) is 55.6 cm³/mol. The second kappa shape index (κ2) is 4.16. The fourth-order valence-electron chi connectivity index (χ4n) is 1.77. The molecule has 1 saturated heterocycles. The van der Waals surface area contributed by atoms with Gasteiger partial charge in [-0.2, -0.15) is 0 Å². The molecule has 2 aliphatic rings. The minimum Gasteiger partial charge on any atom is -0.315 e. The van der Waals surface area contributed by atoms with Crippen LogP contribution in [0.15, 0.2) is 0 Å². The second-order valence-electron chi connectivity index (χ2n) is 4.22. The summed E-state index contributed by atoms with van der Waals surface area (Å²) in [5.74, 6) is 1.21. The molecule has 0 atom stereocenters. The Morgan fingerprint density at radius 3 is 2.71 bits per heavy atom. The van der Waals surface area contributed by atoms with Gasteiger partial charge in [-0.25, -0.2) is 12.7 Å². The Morgan fingerprint density at radius 2 is 2.14 bits per heavy atom. The quantitative estimate of drug-likeness (QED) is 0.662. The molecule has 0 bridgehead atoms. The fraction of sp³-hybridized carbons (Fsp3) is 1.00. The first-order valence-electron chi connectivity index (χ1n) is 5.37. The molecule has 0 amide bonds. The highest BCUT2D eigenvalue weighted by Gasteiger charge is 2.27. The van der Waals surface area contributed by atoms with E-state index in [0.29, 0.717) is 18.8 Å². The van der Waals surface area contributed by atoms with Crippen LogP contribution >= 0.6 is 0 Å². The topological polar surface area (TPSA) is 49.4 Å². The average molecular weight is 218 g/mol. The van der Waals surface area contributed by atoms with Crippen LogP contribution in [0.2, 0.25) is 0 Å². The number of hydrogen-bond donors (Lipinski definition) is 1. The van der Waals surface area contributed by atoms with Crippen LogP contribution in [0.25, 0.3) is 0 Å². The van der Waals surface area contributed by atoms with Crippen molar-refractivity contribution < 1.29 is 8.42 Å². The third-order valence-electron chi connectivity index (χ3n) is 2.87. The van der Waals surface area contributed by atoms with Gasteiger partial charge in [0.2, 0.25) is 10.0 Å². The Morgan fingerprint density at radius 1 is 1.36 bits per heavy atom. The van der Waals surface area contributed by atoms with Gasteiger partial charge in [0.15, 0.2) is 0 Å². The number of sulfonamides is 1. The van der Waals surface area contributed by atoms with Crippen LogP contribution in [0.1, 0.15) is 19.3 Å². The van der Waals surface area contributed by atoms with Crippen LogP contribution in [0.4, 0.5) is 0 Å². The standard InChI is InChI=1S/C9H18N2O2S/c12-14(13)7-1-5-11(14)6-4-10-8-9-2-3-9/h9-10H,1-8H2. The van der Waals surface area contributed by atoms with Gasteiger partial charge in [0.05, 0.1) is 5.75 Å². The summed E-state index contributed by atoms with van der Waals surface area (Å²) < 4.78 is 24.4. The molecule has 1 heterocycles. The first-order valence-corrected chi connectivity index (χ1v) is 6.98. The molecule has 0 aromatic heterocycles. The van der Waals surface area contributed by atoms with Crippen LogP contribution in [0.5, 0.6) is 0 Å². The molecule has 1 aliphatic heterocycles. The largest absolute Gasteiger partial charge is 0.315 e. The van der Waals surface area contributed by atoms with Gasteiger partial charge in [0, 0.05) is 19.6 Å². The van der Waals surface area contributed by atoms with Crippen molar-refractivity contribution in [2.45, 2.75) is 19.3 Å². The summed E-state index contributed by atoms with van der Waals surface area (Å²) in [5.41, 5.74) is 0. The normalized spacial score (nSPS) is 26.9. The zero-order chi connectivity index (χ0) is 10.0. The van der Waals surface area contributed by atoms with E-state index < -0.39 is 10.0 Å². The van der Waals surface area contributed by atoms with Crippen molar-refractivity contribution in [3.63, 3.8) is 0 Å². The summed E-state index contributed by atoms with van der Waals surface area (Å²) in [4.78, 5) is 0. The molecule has 82 valence electrons. The lowest BCUT2D eigenvalue weighted by Crippen LogP contribution is -2.34. The Kier molecular flexibility index (Phi) is 3.09. The van der Waals surface area contributed by atoms with E-state index in [1.165, 1.54) is 12.8 Å². The summed E-state index contributed by atoms with van der Waals surface area (Å²) in [5, 5.41) is 3.31. The summed E-state index contributed by atoms with van der Waals surface area (Å²) in [7, 11) is -2.88. The zero-order valence-corrected chi connectivity index (χ0v) is 9.22. The average Bonchev–Trinajstić information content (AvgIpc) is 2.87. The van der Waals surface area contributed by atoms with Crippen molar-refractivity contribution in [3.8, 4) is 0 Å². The third-order valence-corrected chi connectivity index (χ3v) is 4.83. The van der Waals surface area contributed by atoms with Crippen LogP contribution in [0, 0.1) is 5.92 Å². The number of hydrogen-bond acceptors (Lipinski definition) is 3.